The summed E-state index contributed by atoms with van der Waals surface area (Å²) in [5.41, 5.74) is 0. The van der Waals surface area contributed by atoms with Gasteiger partial charge in [-0.15, -0.1) is 0 Å². The molecule has 0 radical (unpaired) electrons. The average Bonchev–Trinajstić information content (AvgIpc) is 2.27. The Hall–Kier alpha value is -1.45. The fraction of sp³-hybridized carbons (Fsp3) is 0.500. The van der Waals surface area contributed by atoms with Crippen LogP contribution in [0.5, 0.6) is 0 Å². The van der Waals surface area contributed by atoms with Crippen molar-refractivity contribution in [2.24, 2.45) is 5.92 Å². The molecule has 0 aliphatic heterocycles. The van der Waals surface area contributed by atoms with Crippen LogP contribution in [0.4, 0.5) is 0 Å². The first-order valence-electron chi connectivity index (χ1n) is 4.28. The Balaban J connectivity index is 2.81. The third kappa shape index (κ3) is 2.28. The molecule has 0 aromatic carbocycles. The monoisotopic (exact) mass is 198 g/mol. The quantitative estimate of drug-likeness (QED) is 0.640. The highest BCUT2D eigenvalue weighted by molar-refractivity contribution is 5.77. The van der Waals surface area contributed by atoms with Gasteiger partial charge in [0.1, 0.15) is 11.5 Å². The summed E-state index contributed by atoms with van der Waals surface area (Å²) in [6.45, 7) is 0. The van der Waals surface area contributed by atoms with E-state index in [0.717, 1.165) is 11.5 Å². The third-order valence-corrected chi connectivity index (χ3v) is 2.08. The van der Waals surface area contributed by atoms with Crippen molar-refractivity contribution in [2.75, 3.05) is 21.3 Å². The zero-order chi connectivity index (χ0) is 10.6. The highest BCUT2D eigenvalue weighted by Gasteiger charge is 2.21. The third-order valence-electron chi connectivity index (χ3n) is 2.08. The van der Waals surface area contributed by atoms with E-state index in [1.807, 2.05) is 0 Å². The summed E-state index contributed by atoms with van der Waals surface area (Å²) in [6.07, 6.45) is 4.04. The van der Waals surface area contributed by atoms with E-state index in [1.54, 1.807) is 26.4 Å². The van der Waals surface area contributed by atoms with Gasteiger partial charge in [-0.2, -0.15) is 0 Å². The molecule has 0 atom stereocenters. The predicted molar refractivity (Wildman–Crippen MR) is 50.3 cm³/mol. The molecule has 0 heterocycles. The lowest BCUT2D eigenvalue weighted by Gasteiger charge is -2.17. The maximum absolute atomic E-state index is 11.3. The van der Waals surface area contributed by atoms with E-state index in [0.29, 0.717) is 6.42 Å². The number of esters is 1. The fourth-order valence-electron chi connectivity index (χ4n) is 1.29. The van der Waals surface area contributed by atoms with Gasteiger partial charge in [0.05, 0.1) is 33.7 Å². The predicted octanol–water partition coefficient (Wildman–Crippen LogP) is 1.24. The van der Waals surface area contributed by atoms with Crippen molar-refractivity contribution in [2.45, 2.75) is 6.42 Å². The van der Waals surface area contributed by atoms with E-state index >= 15 is 0 Å². The van der Waals surface area contributed by atoms with Crippen LogP contribution in [0.3, 0.4) is 0 Å². The van der Waals surface area contributed by atoms with Crippen LogP contribution in [0.25, 0.3) is 0 Å². The molecule has 0 aromatic heterocycles. The normalized spacial score (nSPS) is 16.8. The lowest BCUT2D eigenvalue weighted by atomic mass is 10.0. The van der Waals surface area contributed by atoms with E-state index < -0.39 is 5.92 Å². The first-order valence-corrected chi connectivity index (χ1v) is 4.28. The van der Waals surface area contributed by atoms with Gasteiger partial charge in [0, 0.05) is 0 Å². The molecule has 0 saturated carbocycles. The molecular weight excluding hydrogens is 184 g/mol. The van der Waals surface area contributed by atoms with Crippen LogP contribution in [0.15, 0.2) is 23.7 Å². The van der Waals surface area contributed by atoms with E-state index in [2.05, 4.69) is 4.74 Å². The molecule has 0 N–H and O–H groups in total. The summed E-state index contributed by atoms with van der Waals surface area (Å²) in [6, 6.07) is 0. The second kappa shape index (κ2) is 4.69. The average molecular weight is 198 g/mol. The number of hydrogen-bond donors (Lipinski definition) is 0. The summed E-state index contributed by atoms with van der Waals surface area (Å²) in [4.78, 5) is 11.3. The Morgan fingerprint density at radius 1 is 1.21 bits per heavy atom. The maximum atomic E-state index is 11.3. The Morgan fingerprint density at radius 2 is 1.71 bits per heavy atom. The smallest absolute Gasteiger partial charge is 0.316 e. The molecule has 0 spiro atoms. The summed E-state index contributed by atoms with van der Waals surface area (Å²) in [7, 11) is 4.50. The first-order chi connectivity index (χ1) is 6.71. The van der Waals surface area contributed by atoms with Gasteiger partial charge < -0.3 is 14.2 Å². The first kappa shape index (κ1) is 10.6. The molecule has 0 saturated heterocycles. The van der Waals surface area contributed by atoms with Crippen molar-refractivity contribution in [3.05, 3.63) is 23.7 Å². The Labute approximate surface area is 83.1 Å². The number of carbonyl (C=O) groups is 1. The lowest BCUT2D eigenvalue weighted by Crippen LogP contribution is -2.16. The van der Waals surface area contributed by atoms with E-state index in [-0.39, 0.29) is 5.97 Å². The molecule has 0 unspecified atom stereocenters. The molecule has 0 fully saturated rings. The van der Waals surface area contributed by atoms with Gasteiger partial charge in [-0.25, -0.2) is 0 Å². The zero-order valence-electron chi connectivity index (χ0n) is 8.57. The van der Waals surface area contributed by atoms with Crippen LogP contribution >= 0.6 is 0 Å². The van der Waals surface area contributed by atoms with Crippen LogP contribution in [0, 0.1) is 5.92 Å². The number of carbonyl (C=O) groups excluding carboxylic acids is 1. The lowest BCUT2D eigenvalue weighted by molar-refractivity contribution is -0.142. The molecule has 0 bridgehead atoms. The Bertz CT molecular complexity index is 258. The minimum absolute atomic E-state index is 0.311. The number of rotatable bonds is 3. The second-order valence-electron chi connectivity index (χ2n) is 2.90. The minimum atomic E-state index is -0.404. The maximum Gasteiger partial charge on any atom is 0.316 e. The van der Waals surface area contributed by atoms with E-state index in [9.17, 15) is 4.79 Å². The molecule has 14 heavy (non-hydrogen) atoms. The summed E-state index contributed by atoms with van der Waals surface area (Å²) in [5, 5.41) is 0. The van der Waals surface area contributed by atoms with Gasteiger partial charge in [0.25, 0.3) is 0 Å². The van der Waals surface area contributed by atoms with Crippen LogP contribution < -0.4 is 0 Å². The van der Waals surface area contributed by atoms with Crippen molar-refractivity contribution in [1.82, 2.24) is 0 Å². The Kier molecular flexibility index (Phi) is 3.56. The molecule has 4 heteroatoms. The topological polar surface area (TPSA) is 44.8 Å². The van der Waals surface area contributed by atoms with Crippen LogP contribution in [-0.2, 0) is 19.0 Å². The highest BCUT2D eigenvalue weighted by atomic mass is 16.5. The number of hydrogen-bond acceptors (Lipinski definition) is 4. The SMILES string of the molecule is COC(=O)C1C=C(OC)CC(OC)=C1. The number of ether oxygens (including phenoxy) is 3. The second-order valence-corrected chi connectivity index (χ2v) is 2.90. The van der Waals surface area contributed by atoms with Crippen LogP contribution in [-0.4, -0.2) is 27.3 Å². The fourth-order valence-corrected chi connectivity index (χ4v) is 1.29. The molecular formula is C10H14O4. The van der Waals surface area contributed by atoms with Gasteiger partial charge in [0.2, 0.25) is 0 Å². The van der Waals surface area contributed by atoms with E-state index in [1.165, 1.54) is 7.11 Å². The summed E-state index contributed by atoms with van der Waals surface area (Å²) < 4.78 is 14.8. The molecule has 0 amide bonds. The van der Waals surface area contributed by atoms with Crippen molar-refractivity contribution in [3.63, 3.8) is 0 Å². The van der Waals surface area contributed by atoms with Gasteiger partial charge in [0.15, 0.2) is 0 Å². The molecule has 78 valence electrons. The van der Waals surface area contributed by atoms with Crippen LogP contribution in [0.1, 0.15) is 6.42 Å². The van der Waals surface area contributed by atoms with Crippen molar-refractivity contribution >= 4 is 5.97 Å². The van der Waals surface area contributed by atoms with Crippen molar-refractivity contribution in [1.29, 1.82) is 0 Å². The van der Waals surface area contributed by atoms with Crippen molar-refractivity contribution in [3.8, 4) is 0 Å². The molecule has 1 aliphatic rings. The standard InChI is InChI=1S/C10H14O4/c1-12-8-4-7(10(11)14-3)5-9(6-8)13-2/h4-5,7H,6H2,1-3H3. The summed E-state index contributed by atoms with van der Waals surface area (Å²) >= 11 is 0. The minimum Gasteiger partial charge on any atom is -0.501 e. The largest absolute Gasteiger partial charge is 0.501 e. The van der Waals surface area contributed by atoms with Crippen molar-refractivity contribution < 1.29 is 19.0 Å². The van der Waals surface area contributed by atoms with Crippen LogP contribution in [0.2, 0.25) is 0 Å². The van der Waals surface area contributed by atoms with Gasteiger partial charge in [-0.1, -0.05) is 0 Å². The number of methoxy groups -OCH3 is 3. The van der Waals surface area contributed by atoms with E-state index in [4.69, 9.17) is 9.47 Å². The molecule has 1 aliphatic carbocycles. The summed E-state index contributed by atoms with van der Waals surface area (Å²) in [5.74, 6) is 0.729. The highest BCUT2D eigenvalue weighted by Crippen LogP contribution is 2.23. The molecule has 4 nitrogen and oxygen atoms in total. The molecule has 0 aromatic rings. The Morgan fingerprint density at radius 3 is 2.07 bits per heavy atom. The zero-order valence-corrected chi connectivity index (χ0v) is 8.57. The van der Waals surface area contributed by atoms with Gasteiger partial charge in [-0.3, -0.25) is 4.79 Å². The van der Waals surface area contributed by atoms with Gasteiger partial charge in [-0.05, 0) is 12.2 Å². The van der Waals surface area contributed by atoms with Gasteiger partial charge >= 0.3 is 5.97 Å². The molecule has 1 rings (SSSR count).